The maximum atomic E-state index is 6.20. The highest BCUT2D eigenvalue weighted by molar-refractivity contribution is 5.86. The highest BCUT2D eigenvalue weighted by Crippen LogP contribution is 2.39. The molecule has 58 heavy (non-hydrogen) atoms. The van der Waals surface area contributed by atoms with Crippen molar-refractivity contribution in [1.29, 1.82) is 0 Å². The zero-order chi connectivity index (χ0) is 38.4. The molecule has 7 heteroatoms. The molecule has 0 amide bonds. The molecular formula is C51H32N4O3. The summed E-state index contributed by atoms with van der Waals surface area (Å²) in [6.07, 6.45) is 0. The lowest BCUT2D eigenvalue weighted by Gasteiger charge is -2.26. The number of aromatic nitrogens is 3. The van der Waals surface area contributed by atoms with Gasteiger partial charge in [-0.1, -0.05) is 84.9 Å². The van der Waals surface area contributed by atoms with Crippen LogP contribution in [0.3, 0.4) is 0 Å². The lowest BCUT2D eigenvalue weighted by molar-refractivity contribution is 0.619. The van der Waals surface area contributed by atoms with E-state index in [4.69, 9.17) is 28.2 Å². The quantitative estimate of drug-likeness (QED) is 0.153. The Balaban J connectivity index is 0.930. The van der Waals surface area contributed by atoms with Crippen LogP contribution < -0.4 is 4.90 Å². The molecule has 8 aromatic carbocycles. The molecule has 0 saturated heterocycles. The van der Waals surface area contributed by atoms with Crippen LogP contribution in [-0.2, 0) is 0 Å². The summed E-state index contributed by atoms with van der Waals surface area (Å²) in [7, 11) is 0. The fraction of sp³-hybridized carbons (Fsp3) is 0. The van der Waals surface area contributed by atoms with E-state index in [-0.39, 0.29) is 0 Å². The normalized spacial score (nSPS) is 11.4. The van der Waals surface area contributed by atoms with Crippen LogP contribution in [0, 0.1) is 0 Å². The summed E-state index contributed by atoms with van der Waals surface area (Å²) in [6, 6.07) is 65.6. The first-order chi connectivity index (χ1) is 28.7. The minimum absolute atomic E-state index is 0.590. The van der Waals surface area contributed by atoms with Crippen LogP contribution in [0.25, 0.3) is 89.9 Å². The average Bonchev–Trinajstić information content (AvgIpc) is 4.05. The maximum Gasteiger partial charge on any atom is 0.227 e. The standard InChI is InChI=1S/C51H32N4O3/c1-3-9-35(10-4-1)49-53-44-29-21-38(31-47(44)57-49)33-15-23-40(24-16-33)55(42-27-19-37(20-28-42)51-52-43-13-7-8-14-46(43)56-51)41-25-17-34(18-26-41)39-22-30-45-48(32-39)58-50(54-45)36-11-5-2-6-12-36/h1-32H. The number of nitrogens with zero attached hydrogens (tertiary/aromatic N) is 4. The van der Waals surface area contributed by atoms with E-state index < -0.39 is 0 Å². The smallest absolute Gasteiger partial charge is 0.227 e. The van der Waals surface area contributed by atoms with E-state index in [2.05, 4.69) is 102 Å². The number of hydrogen-bond donors (Lipinski definition) is 0. The first-order valence-electron chi connectivity index (χ1n) is 19.1. The summed E-state index contributed by atoms with van der Waals surface area (Å²) in [5, 5.41) is 0. The lowest BCUT2D eigenvalue weighted by Crippen LogP contribution is -2.09. The molecular weight excluding hydrogens is 717 g/mol. The van der Waals surface area contributed by atoms with Gasteiger partial charge in [0.15, 0.2) is 16.7 Å². The number of fused-ring (bicyclic) bond motifs is 3. The predicted molar refractivity (Wildman–Crippen MR) is 231 cm³/mol. The third-order valence-electron chi connectivity index (χ3n) is 10.4. The monoisotopic (exact) mass is 748 g/mol. The van der Waals surface area contributed by atoms with Gasteiger partial charge in [0.2, 0.25) is 17.7 Å². The number of anilines is 3. The van der Waals surface area contributed by atoms with Gasteiger partial charge in [-0.3, -0.25) is 0 Å². The number of hydrogen-bond acceptors (Lipinski definition) is 7. The van der Waals surface area contributed by atoms with Crippen LogP contribution in [0.1, 0.15) is 0 Å². The van der Waals surface area contributed by atoms with Gasteiger partial charge in [0.05, 0.1) is 0 Å². The molecule has 274 valence electrons. The van der Waals surface area contributed by atoms with E-state index in [1.54, 1.807) is 0 Å². The Morgan fingerprint density at radius 2 is 0.621 bits per heavy atom. The van der Waals surface area contributed by atoms with E-state index in [0.29, 0.717) is 17.7 Å². The van der Waals surface area contributed by atoms with Crippen LogP contribution in [0.5, 0.6) is 0 Å². The second-order valence-corrected chi connectivity index (χ2v) is 14.1. The first-order valence-corrected chi connectivity index (χ1v) is 19.1. The molecule has 3 heterocycles. The Morgan fingerprint density at radius 3 is 1.07 bits per heavy atom. The van der Waals surface area contributed by atoms with Crippen molar-refractivity contribution in [3.05, 3.63) is 194 Å². The van der Waals surface area contributed by atoms with Crippen LogP contribution >= 0.6 is 0 Å². The van der Waals surface area contributed by atoms with Crippen molar-refractivity contribution in [3.8, 4) is 56.6 Å². The molecule has 0 bridgehead atoms. The summed E-state index contributed by atoms with van der Waals surface area (Å²) in [5.74, 6) is 1.82. The maximum absolute atomic E-state index is 6.20. The molecule has 0 N–H and O–H groups in total. The van der Waals surface area contributed by atoms with E-state index in [1.165, 1.54) is 0 Å². The predicted octanol–water partition coefficient (Wildman–Crippen LogP) is 13.9. The molecule has 0 radical (unpaired) electrons. The molecule has 0 unspecified atom stereocenters. The number of benzene rings is 8. The first kappa shape index (κ1) is 33.3. The summed E-state index contributed by atoms with van der Waals surface area (Å²) in [5.41, 5.74) is 14.8. The van der Waals surface area contributed by atoms with Crippen LogP contribution in [0.4, 0.5) is 17.1 Å². The Hall–Kier alpha value is -8.03. The average molecular weight is 749 g/mol. The van der Waals surface area contributed by atoms with Crippen molar-refractivity contribution in [2.24, 2.45) is 0 Å². The van der Waals surface area contributed by atoms with Gasteiger partial charge in [0.25, 0.3) is 0 Å². The minimum Gasteiger partial charge on any atom is -0.436 e. The Morgan fingerprint density at radius 1 is 0.276 bits per heavy atom. The van der Waals surface area contributed by atoms with E-state index >= 15 is 0 Å². The molecule has 0 aliphatic heterocycles. The van der Waals surface area contributed by atoms with Gasteiger partial charge in [0, 0.05) is 33.8 Å². The summed E-state index contributed by atoms with van der Waals surface area (Å²) in [4.78, 5) is 16.4. The van der Waals surface area contributed by atoms with Crippen LogP contribution in [0.15, 0.2) is 207 Å². The topological polar surface area (TPSA) is 81.3 Å². The van der Waals surface area contributed by atoms with Crippen molar-refractivity contribution in [2.75, 3.05) is 4.90 Å². The van der Waals surface area contributed by atoms with Gasteiger partial charge in [-0.2, -0.15) is 0 Å². The molecule has 11 rings (SSSR count). The lowest BCUT2D eigenvalue weighted by atomic mass is 10.0. The van der Waals surface area contributed by atoms with E-state index in [0.717, 1.165) is 89.3 Å². The molecule has 11 aromatic rings. The molecule has 3 aromatic heterocycles. The highest BCUT2D eigenvalue weighted by Gasteiger charge is 2.17. The molecule has 0 aliphatic rings. The van der Waals surface area contributed by atoms with Crippen molar-refractivity contribution < 1.29 is 13.3 Å². The fourth-order valence-corrected chi connectivity index (χ4v) is 7.42. The molecule has 0 spiro atoms. The van der Waals surface area contributed by atoms with Crippen LogP contribution in [0.2, 0.25) is 0 Å². The number of oxazole rings is 3. The molecule has 7 nitrogen and oxygen atoms in total. The largest absolute Gasteiger partial charge is 0.436 e. The van der Waals surface area contributed by atoms with Crippen molar-refractivity contribution >= 4 is 50.4 Å². The van der Waals surface area contributed by atoms with Gasteiger partial charge in [0.1, 0.15) is 16.6 Å². The highest BCUT2D eigenvalue weighted by atomic mass is 16.4. The Labute approximate surface area is 333 Å². The molecule has 0 fully saturated rings. The van der Waals surface area contributed by atoms with E-state index in [9.17, 15) is 0 Å². The zero-order valence-corrected chi connectivity index (χ0v) is 31.0. The van der Waals surface area contributed by atoms with Crippen molar-refractivity contribution in [1.82, 2.24) is 15.0 Å². The fourth-order valence-electron chi connectivity index (χ4n) is 7.42. The summed E-state index contributed by atoms with van der Waals surface area (Å²) < 4.78 is 18.5. The minimum atomic E-state index is 0.590. The van der Waals surface area contributed by atoms with Gasteiger partial charge < -0.3 is 18.2 Å². The third kappa shape index (κ3) is 6.17. The Bertz CT molecular complexity index is 3010. The van der Waals surface area contributed by atoms with Crippen molar-refractivity contribution in [3.63, 3.8) is 0 Å². The zero-order valence-electron chi connectivity index (χ0n) is 31.0. The third-order valence-corrected chi connectivity index (χ3v) is 10.4. The second kappa shape index (κ2) is 13.9. The SMILES string of the molecule is c1ccc(-c2nc3ccc(-c4ccc(N(c5ccc(-c6ccc7nc(-c8ccccc8)oc7c6)cc5)c5ccc(-c6nc7ccccc7o6)cc5)cc4)cc3o2)cc1. The molecule has 0 aliphatic carbocycles. The van der Waals surface area contributed by atoms with E-state index in [1.807, 2.05) is 97.1 Å². The second-order valence-electron chi connectivity index (χ2n) is 14.1. The summed E-state index contributed by atoms with van der Waals surface area (Å²) >= 11 is 0. The Kier molecular flexibility index (Phi) is 8.00. The summed E-state index contributed by atoms with van der Waals surface area (Å²) in [6.45, 7) is 0. The molecule has 0 saturated carbocycles. The van der Waals surface area contributed by atoms with Gasteiger partial charge in [-0.15, -0.1) is 0 Å². The number of rotatable bonds is 8. The van der Waals surface area contributed by atoms with Gasteiger partial charge >= 0.3 is 0 Å². The van der Waals surface area contributed by atoms with Gasteiger partial charge in [-0.05, 0) is 131 Å². The van der Waals surface area contributed by atoms with Crippen molar-refractivity contribution in [2.45, 2.75) is 0 Å². The number of para-hydroxylation sites is 2. The van der Waals surface area contributed by atoms with Gasteiger partial charge in [-0.25, -0.2) is 15.0 Å². The molecule has 0 atom stereocenters. The van der Waals surface area contributed by atoms with Crippen LogP contribution in [-0.4, -0.2) is 15.0 Å².